The van der Waals surface area contributed by atoms with Crippen LogP contribution in [0.25, 0.3) is 0 Å². The third kappa shape index (κ3) is 7.95. The highest BCUT2D eigenvalue weighted by atomic mass is 16.5. The fourth-order valence-corrected chi connectivity index (χ4v) is 3.39. The second-order valence-corrected chi connectivity index (χ2v) is 8.56. The molecule has 1 amide bonds. The normalized spacial score (nSPS) is 15.3. The van der Waals surface area contributed by atoms with Gasteiger partial charge in [-0.15, -0.1) is 0 Å². The number of hydrogen-bond acceptors (Lipinski definition) is 5. The van der Waals surface area contributed by atoms with E-state index < -0.39 is 0 Å². The Morgan fingerprint density at radius 3 is 2.33 bits per heavy atom. The van der Waals surface area contributed by atoms with Crippen molar-refractivity contribution in [3.8, 4) is 0 Å². The highest BCUT2D eigenvalue weighted by Crippen LogP contribution is 2.33. The smallest absolute Gasteiger partial charge is 0.293 e. The van der Waals surface area contributed by atoms with E-state index in [0.29, 0.717) is 13.0 Å². The number of carbonyl (C=O) groups is 2. The number of aromatic nitrogens is 1. The first-order valence-electron chi connectivity index (χ1n) is 10.4. The molecule has 30 heavy (non-hydrogen) atoms. The van der Waals surface area contributed by atoms with Gasteiger partial charge in [-0.2, -0.15) is 0 Å². The van der Waals surface area contributed by atoms with Crippen LogP contribution in [-0.4, -0.2) is 36.1 Å². The SMILES string of the molecule is CC(C)(C)OC=O.O=C(NCc1cccnc1)C1(Cc2ccccc2)CCNCC1. The zero-order valence-corrected chi connectivity index (χ0v) is 18.2. The quantitative estimate of drug-likeness (QED) is 0.713. The summed E-state index contributed by atoms with van der Waals surface area (Å²) in [6.07, 6.45) is 6.09. The molecular weight excluding hydrogens is 378 g/mol. The Balaban J connectivity index is 0.000000396. The number of nitrogens with one attached hydrogen (secondary N) is 2. The summed E-state index contributed by atoms with van der Waals surface area (Å²) in [6, 6.07) is 14.2. The Hall–Kier alpha value is -2.73. The topological polar surface area (TPSA) is 80.3 Å². The molecule has 162 valence electrons. The summed E-state index contributed by atoms with van der Waals surface area (Å²) in [5, 5.41) is 6.49. The molecule has 0 spiro atoms. The average molecular weight is 412 g/mol. The van der Waals surface area contributed by atoms with E-state index in [4.69, 9.17) is 0 Å². The molecule has 0 saturated carbocycles. The number of hydrogen-bond donors (Lipinski definition) is 2. The number of pyridine rings is 1. The summed E-state index contributed by atoms with van der Waals surface area (Å²) in [6.45, 7) is 8.25. The molecule has 1 fully saturated rings. The van der Waals surface area contributed by atoms with Crippen molar-refractivity contribution < 1.29 is 14.3 Å². The molecule has 0 unspecified atom stereocenters. The zero-order valence-electron chi connectivity index (χ0n) is 18.2. The number of amides is 1. The van der Waals surface area contributed by atoms with Crippen LogP contribution in [0, 0.1) is 5.41 Å². The van der Waals surface area contributed by atoms with Crippen molar-refractivity contribution in [3.63, 3.8) is 0 Å². The van der Waals surface area contributed by atoms with E-state index in [1.807, 2.05) is 51.1 Å². The third-order valence-electron chi connectivity index (χ3n) is 5.01. The van der Waals surface area contributed by atoms with Gasteiger partial charge in [0.05, 0.1) is 5.41 Å². The predicted octanol–water partition coefficient (Wildman–Crippen LogP) is 3.27. The average Bonchev–Trinajstić information content (AvgIpc) is 2.74. The summed E-state index contributed by atoms with van der Waals surface area (Å²) in [5.74, 6) is 0.159. The molecule has 6 heteroatoms. The number of ether oxygens (including phenoxy) is 1. The van der Waals surface area contributed by atoms with Crippen molar-refractivity contribution in [1.29, 1.82) is 0 Å². The van der Waals surface area contributed by atoms with Crippen molar-refractivity contribution in [2.45, 2.75) is 52.2 Å². The van der Waals surface area contributed by atoms with Crippen LogP contribution in [0.2, 0.25) is 0 Å². The first-order chi connectivity index (χ1) is 14.3. The molecule has 0 aliphatic carbocycles. The number of rotatable bonds is 6. The van der Waals surface area contributed by atoms with E-state index in [1.54, 1.807) is 12.4 Å². The van der Waals surface area contributed by atoms with Crippen LogP contribution in [0.15, 0.2) is 54.9 Å². The summed E-state index contributed by atoms with van der Waals surface area (Å²) < 4.78 is 4.55. The van der Waals surface area contributed by atoms with Crippen LogP contribution in [0.3, 0.4) is 0 Å². The van der Waals surface area contributed by atoms with Crippen LogP contribution in [0.4, 0.5) is 0 Å². The lowest BCUT2D eigenvalue weighted by molar-refractivity contribution is -0.138. The summed E-state index contributed by atoms with van der Waals surface area (Å²) >= 11 is 0. The van der Waals surface area contributed by atoms with E-state index in [2.05, 4.69) is 32.5 Å². The van der Waals surface area contributed by atoms with E-state index in [-0.39, 0.29) is 16.9 Å². The Kier molecular flexibility index (Phi) is 8.99. The maximum Gasteiger partial charge on any atom is 0.293 e. The van der Waals surface area contributed by atoms with Crippen molar-refractivity contribution >= 4 is 12.4 Å². The first kappa shape index (κ1) is 23.5. The van der Waals surface area contributed by atoms with E-state index in [0.717, 1.165) is 37.9 Å². The van der Waals surface area contributed by atoms with Gasteiger partial charge in [-0.3, -0.25) is 14.6 Å². The summed E-state index contributed by atoms with van der Waals surface area (Å²) in [7, 11) is 0. The largest absolute Gasteiger partial charge is 0.462 e. The Labute approximate surface area is 179 Å². The van der Waals surface area contributed by atoms with Crippen LogP contribution in [0.1, 0.15) is 44.7 Å². The Morgan fingerprint density at radius 2 is 1.80 bits per heavy atom. The van der Waals surface area contributed by atoms with Crippen LogP contribution >= 0.6 is 0 Å². The standard InChI is InChI=1S/C19H23N3O.C5H10O2/c23-18(22-15-17-7-4-10-21-14-17)19(8-11-20-12-9-19)13-16-5-2-1-3-6-16;1-5(2,3)7-4-6/h1-7,10,14,20H,8-9,11-13,15H2,(H,22,23);4H,1-3H3. The molecule has 0 bridgehead atoms. The molecule has 1 aromatic heterocycles. The van der Waals surface area contributed by atoms with E-state index >= 15 is 0 Å². The summed E-state index contributed by atoms with van der Waals surface area (Å²) in [5.41, 5.74) is 1.63. The van der Waals surface area contributed by atoms with Crippen molar-refractivity contribution in [2.24, 2.45) is 5.41 Å². The lowest BCUT2D eigenvalue weighted by Gasteiger charge is -2.36. The Morgan fingerprint density at radius 1 is 1.13 bits per heavy atom. The number of piperidine rings is 1. The lowest BCUT2D eigenvalue weighted by Crippen LogP contribution is -2.48. The molecule has 1 aromatic carbocycles. The molecule has 6 nitrogen and oxygen atoms in total. The minimum Gasteiger partial charge on any atom is -0.462 e. The second kappa shape index (κ2) is 11.5. The number of benzene rings is 1. The molecule has 1 aliphatic rings. The Bertz CT molecular complexity index is 767. The van der Waals surface area contributed by atoms with Crippen LogP contribution in [0.5, 0.6) is 0 Å². The van der Waals surface area contributed by atoms with Crippen LogP contribution < -0.4 is 10.6 Å². The van der Waals surface area contributed by atoms with Gasteiger partial charge in [0.2, 0.25) is 5.91 Å². The van der Waals surface area contributed by atoms with Gasteiger partial charge in [0.25, 0.3) is 6.47 Å². The van der Waals surface area contributed by atoms with Gasteiger partial charge in [-0.1, -0.05) is 36.4 Å². The van der Waals surface area contributed by atoms with Gasteiger partial charge in [0.15, 0.2) is 0 Å². The van der Waals surface area contributed by atoms with E-state index in [9.17, 15) is 9.59 Å². The van der Waals surface area contributed by atoms with Gasteiger partial charge in [-0.05, 0) is 70.3 Å². The van der Waals surface area contributed by atoms with Crippen molar-refractivity contribution in [3.05, 3.63) is 66.0 Å². The molecule has 1 saturated heterocycles. The van der Waals surface area contributed by atoms with Gasteiger partial charge in [-0.25, -0.2) is 0 Å². The molecule has 0 radical (unpaired) electrons. The summed E-state index contributed by atoms with van der Waals surface area (Å²) in [4.78, 5) is 26.6. The molecule has 3 rings (SSSR count). The molecule has 1 aliphatic heterocycles. The maximum absolute atomic E-state index is 12.9. The molecule has 2 heterocycles. The highest BCUT2D eigenvalue weighted by molar-refractivity contribution is 5.83. The molecule has 2 N–H and O–H groups in total. The van der Waals surface area contributed by atoms with Gasteiger partial charge >= 0.3 is 0 Å². The lowest BCUT2D eigenvalue weighted by atomic mass is 9.73. The number of nitrogens with zero attached hydrogens (tertiary/aromatic N) is 1. The second-order valence-electron chi connectivity index (χ2n) is 8.56. The fraction of sp³-hybridized carbons (Fsp3) is 0.458. The zero-order chi connectivity index (χ0) is 21.9. The fourth-order valence-electron chi connectivity index (χ4n) is 3.39. The van der Waals surface area contributed by atoms with Crippen molar-refractivity contribution in [1.82, 2.24) is 15.6 Å². The molecule has 0 atom stereocenters. The maximum atomic E-state index is 12.9. The minimum atomic E-state index is -0.318. The van der Waals surface area contributed by atoms with Gasteiger partial charge in [0.1, 0.15) is 5.60 Å². The minimum absolute atomic E-state index is 0.159. The number of carbonyl (C=O) groups excluding carboxylic acids is 2. The van der Waals surface area contributed by atoms with Gasteiger partial charge in [0, 0.05) is 18.9 Å². The van der Waals surface area contributed by atoms with Gasteiger partial charge < -0.3 is 15.4 Å². The molecule has 2 aromatic rings. The van der Waals surface area contributed by atoms with Crippen LogP contribution in [-0.2, 0) is 27.3 Å². The highest BCUT2D eigenvalue weighted by Gasteiger charge is 2.39. The van der Waals surface area contributed by atoms with E-state index in [1.165, 1.54) is 5.56 Å². The predicted molar refractivity (Wildman–Crippen MR) is 118 cm³/mol. The molecular formula is C24H33N3O3. The monoisotopic (exact) mass is 411 g/mol. The first-order valence-corrected chi connectivity index (χ1v) is 10.4. The third-order valence-corrected chi connectivity index (χ3v) is 5.01. The van der Waals surface area contributed by atoms with Crippen molar-refractivity contribution in [2.75, 3.05) is 13.1 Å².